The molecule has 0 spiro atoms. The summed E-state index contributed by atoms with van der Waals surface area (Å²) in [5.41, 5.74) is 2.52. The second-order valence-corrected chi connectivity index (χ2v) is 8.71. The Balaban J connectivity index is 1.76. The molecule has 1 N–H and O–H groups in total. The van der Waals surface area contributed by atoms with Gasteiger partial charge in [0, 0.05) is 37.7 Å². The summed E-state index contributed by atoms with van der Waals surface area (Å²) in [6.45, 7) is 4.16. The third-order valence-corrected chi connectivity index (χ3v) is 5.27. The third kappa shape index (κ3) is 4.70. The number of rotatable bonds is 5. The molecule has 2 aromatic rings. The van der Waals surface area contributed by atoms with E-state index >= 15 is 0 Å². The van der Waals surface area contributed by atoms with E-state index < -0.39 is 10.0 Å². The average molecular weight is 376 g/mol. The summed E-state index contributed by atoms with van der Waals surface area (Å²) in [5.74, 6) is 0.0630. The molecule has 140 valence electrons. The van der Waals surface area contributed by atoms with Gasteiger partial charge in [-0.1, -0.05) is 6.07 Å². The van der Waals surface area contributed by atoms with Crippen molar-refractivity contribution in [1.29, 1.82) is 0 Å². The van der Waals surface area contributed by atoms with Crippen molar-refractivity contribution < 1.29 is 13.2 Å². The molecule has 26 heavy (non-hydrogen) atoms. The Kier molecular flexibility index (Phi) is 5.43. The highest BCUT2D eigenvalue weighted by Crippen LogP contribution is 2.20. The fraction of sp³-hybridized carbons (Fsp3) is 0.444. The fourth-order valence-electron chi connectivity index (χ4n) is 3.22. The maximum absolute atomic E-state index is 12.9. The first-order chi connectivity index (χ1) is 12.3. The summed E-state index contributed by atoms with van der Waals surface area (Å²) >= 11 is 0. The molecule has 0 saturated carbocycles. The van der Waals surface area contributed by atoms with E-state index in [0.29, 0.717) is 31.7 Å². The van der Waals surface area contributed by atoms with Gasteiger partial charge in [-0.3, -0.25) is 9.78 Å². The minimum atomic E-state index is -3.21. The van der Waals surface area contributed by atoms with Crippen LogP contribution in [0.4, 0.5) is 0 Å². The molecule has 0 bridgehead atoms. The second kappa shape index (κ2) is 7.59. The number of amides is 1. The zero-order valence-corrected chi connectivity index (χ0v) is 15.9. The van der Waals surface area contributed by atoms with Gasteiger partial charge in [-0.25, -0.2) is 13.1 Å². The van der Waals surface area contributed by atoms with Gasteiger partial charge in [0.25, 0.3) is 5.91 Å². The van der Waals surface area contributed by atoms with E-state index in [2.05, 4.69) is 14.3 Å². The van der Waals surface area contributed by atoms with Crippen LogP contribution in [0.1, 0.15) is 28.2 Å². The summed E-state index contributed by atoms with van der Waals surface area (Å²) in [7, 11) is -3.21. The Bertz CT molecular complexity index is 874. The molecular weight excluding hydrogens is 352 g/mol. The molecule has 2 aromatic heterocycles. The van der Waals surface area contributed by atoms with E-state index in [1.807, 2.05) is 36.2 Å². The Morgan fingerprint density at radius 2 is 2.12 bits per heavy atom. The van der Waals surface area contributed by atoms with Crippen LogP contribution in [0.25, 0.3) is 0 Å². The molecule has 0 radical (unpaired) electrons. The lowest BCUT2D eigenvalue weighted by atomic mass is 10.1. The van der Waals surface area contributed by atoms with Crippen LogP contribution in [0.15, 0.2) is 36.7 Å². The van der Waals surface area contributed by atoms with Gasteiger partial charge in [0.05, 0.1) is 12.8 Å². The van der Waals surface area contributed by atoms with E-state index in [-0.39, 0.29) is 11.8 Å². The fourth-order valence-corrected chi connectivity index (χ4v) is 3.71. The van der Waals surface area contributed by atoms with Gasteiger partial charge in [-0.2, -0.15) is 0 Å². The van der Waals surface area contributed by atoms with Crippen molar-refractivity contribution in [2.75, 3.05) is 19.3 Å². The van der Waals surface area contributed by atoms with Gasteiger partial charge in [0.2, 0.25) is 10.0 Å². The van der Waals surface area contributed by atoms with Gasteiger partial charge < -0.3 is 9.47 Å². The van der Waals surface area contributed by atoms with Crippen molar-refractivity contribution in [3.8, 4) is 0 Å². The highest BCUT2D eigenvalue weighted by molar-refractivity contribution is 7.88. The number of nitrogens with one attached hydrogen (secondary N) is 1. The first kappa shape index (κ1) is 18.6. The normalized spacial score (nSPS) is 17.6. The van der Waals surface area contributed by atoms with Crippen LogP contribution >= 0.6 is 0 Å². The van der Waals surface area contributed by atoms with E-state index in [4.69, 9.17) is 0 Å². The number of hydrogen-bond acceptors (Lipinski definition) is 4. The second-order valence-electron chi connectivity index (χ2n) is 6.88. The third-order valence-electron chi connectivity index (χ3n) is 4.54. The van der Waals surface area contributed by atoms with E-state index in [0.717, 1.165) is 24.1 Å². The lowest BCUT2D eigenvalue weighted by Gasteiger charge is -2.24. The largest absolute Gasteiger partial charge is 0.349 e. The van der Waals surface area contributed by atoms with Crippen LogP contribution in [0.3, 0.4) is 0 Å². The highest BCUT2D eigenvalue weighted by atomic mass is 32.2. The number of pyridine rings is 1. The number of hydrogen-bond donors (Lipinski definition) is 1. The van der Waals surface area contributed by atoms with Crippen molar-refractivity contribution in [3.63, 3.8) is 0 Å². The molecule has 3 heterocycles. The van der Waals surface area contributed by atoms with Crippen LogP contribution in [-0.2, 0) is 23.1 Å². The molecule has 1 atom stereocenters. The van der Waals surface area contributed by atoms with Crippen LogP contribution < -0.4 is 4.72 Å². The molecule has 0 aliphatic carbocycles. The van der Waals surface area contributed by atoms with Crippen LogP contribution in [-0.4, -0.2) is 48.1 Å². The van der Waals surface area contributed by atoms with Gasteiger partial charge in [-0.15, -0.1) is 0 Å². The summed E-state index contributed by atoms with van der Waals surface area (Å²) in [5, 5.41) is 0. The molecule has 3 rings (SSSR count). The van der Waals surface area contributed by atoms with Crippen LogP contribution in [0.2, 0.25) is 0 Å². The maximum atomic E-state index is 12.9. The molecule has 1 amide bonds. The molecule has 0 unspecified atom stereocenters. The van der Waals surface area contributed by atoms with Crippen molar-refractivity contribution in [1.82, 2.24) is 19.2 Å². The predicted molar refractivity (Wildman–Crippen MR) is 99.1 cm³/mol. The quantitative estimate of drug-likeness (QED) is 0.855. The van der Waals surface area contributed by atoms with Crippen LogP contribution in [0.5, 0.6) is 0 Å². The zero-order valence-electron chi connectivity index (χ0n) is 15.1. The molecule has 0 saturated heterocycles. The van der Waals surface area contributed by atoms with Crippen molar-refractivity contribution >= 4 is 15.9 Å². The Labute approximate surface area is 154 Å². The molecule has 1 aliphatic rings. The topological polar surface area (TPSA) is 84.3 Å². The first-order valence-electron chi connectivity index (χ1n) is 8.62. The summed E-state index contributed by atoms with van der Waals surface area (Å²) < 4.78 is 27.3. The molecule has 1 aliphatic heterocycles. The SMILES string of the molecule is Cc1ccc(C(=O)N2Cc3cccn3C[C@@H](CCNS(C)(=O)=O)C2)nc1. The van der Waals surface area contributed by atoms with Crippen LogP contribution in [0, 0.1) is 12.8 Å². The lowest BCUT2D eigenvalue weighted by Crippen LogP contribution is -2.35. The number of carbonyl (C=O) groups is 1. The Morgan fingerprint density at radius 3 is 2.81 bits per heavy atom. The van der Waals surface area contributed by atoms with Gasteiger partial charge in [0.15, 0.2) is 0 Å². The summed E-state index contributed by atoms with van der Waals surface area (Å²) in [6.07, 6.45) is 5.52. The summed E-state index contributed by atoms with van der Waals surface area (Å²) in [4.78, 5) is 19.0. The number of carbonyl (C=O) groups excluding carboxylic acids is 1. The van der Waals surface area contributed by atoms with E-state index in [1.54, 1.807) is 12.3 Å². The Morgan fingerprint density at radius 1 is 1.31 bits per heavy atom. The number of aryl methyl sites for hydroxylation is 1. The molecule has 0 fully saturated rings. The number of nitrogens with zero attached hydrogens (tertiary/aromatic N) is 3. The zero-order chi connectivity index (χ0) is 18.7. The Hall–Kier alpha value is -2.19. The standard InChI is InChI=1S/C18H24N4O3S/c1-14-5-6-17(19-10-14)18(23)22-12-15(7-8-20-26(2,24)25)11-21-9-3-4-16(21)13-22/h3-6,9-10,15,20H,7-8,11-13H2,1-2H3/t15-/m1/s1. The molecule has 7 nitrogen and oxygen atoms in total. The van der Waals surface area contributed by atoms with Crippen molar-refractivity contribution in [2.24, 2.45) is 5.92 Å². The minimum absolute atomic E-state index is 0.0966. The minimum Gasteiger partial charge on any atom is -0.349 e. The predicted octanol–water partition coefficient (Wildman–Crippen LogP) is 1.40. The lowest BCUT2D eigenvalue weighted by molar-refractivity contribution is 0.0713. The maximum Gasteiger partial charge on any atom is 0.272 e. The van der Waals surface area contributed by atoms with Crippen molar-refractivity contribution in [2.45, 2.75) is 26.4 Å². The first-order valence-corrected chi connectivity index (χ1v) is 10.5. The molecule has 8 heteroatoms. The molecular formula is C18H24N4O3S. The van der Waals surface area contributed by atoms with Gasteiger partial charge >= 0.3 is 0 Å². The van der Waals surface area contributed by atoms with E-state index in [9.17, 15) is 13.2 Å². The number of sulfonamides is 1. The van der Waals surface area contributed by atoms with Gasteiger partial charge in [-0.05, 0) is 43.0 Å². The van der Waals surface area contributed by atoms with E-state index in [1.165, 1.54) is 0 Å². The number of fused-ring (bicyclic) bond motifs is 1. The van der Waals surface area contributed by atoms with Crippen molar-refractivity contribution in [3.05, 3.63) is 53.6 Å². The average Bonchev–Trinajstić information content (AvgIpc) is 2.92. The van der Waals surface area contributed by atoms with Gasteiger partial charge in [0.1, 0.15) is 5.69 Å². The molecule has 0 aromatic carbocycles. The smallest absolute Gasteiger partial charge is 0.272 e. The highest BCUT2D eigenvalue weighted by Gasteiger charge is 2.26. The monoisotopic (exact) mass is 376 g/mol. The number of aromatic nitrogens is 2. The summed E-state index contributed by atoms with van der Waals surface area (Å²) in [6, 6.07) is 7.62.